The average Bonchev–Trinajstić information content (AvgIpc) is 2.81. The molecule has 0 bridgehead atoms. The van der Waals surface area contributed by atoms with Crippen LogP contribution in [0.2, 0.25) is 0 Å². The average molecular weight is 390 g/mol. The van der Waals surface area contributed by atoms with Crippen LogP contribution in [0.3, 0.4) is 0 Å². The number of hydrogen-bond donors (Lipinski definition) is 2. The molecule has 4 nitrogen and oxygen atoms in total. The van der Waals surface area contributed by atoms with Gasteiger partial charge in [0.1, 0.15) is 0 Å². The van der Waals surface area contributed by atoms with Crippen molar-refractivity contribution in [3.05, 3.63) is 0 Å². The van der Waals surface area contributed by atoms with E-state index in [9.17, 15) is 9.59 Å². The summed E-state index contributed by atoms with van der Waals surface area (Å²) in [5.41, 5.74) is 0.938. The van der Waals surface area contributed by atoms with Gasteiger partial charge in [0.25, 0.3) is 0 Å². The van der Waals surface area contributed by atoms with Crippen LogP contribution in [0.5, 0.6) is 0 Å². The minimum absolute atomic E-state index is 0.251. The Labute approximate surface area is 170 Å². The minimum atomic E-state index is -0.659. The van der Waals surface area contributed by atoms with E-state index < -0.39 is 5.97 Å². The Morgan fingerprint density at radius 3 is 2.57 bits per heavy atom. The molecule has 4 rings (SSSR count). The SMILES string of the molecule is CC1(C)C[C@H](CCCC(=O)O)[C@@]2(C)CC[C@H]3[C@@H](CCC4NC(=O)CC[C@@]43C)[C@H]12. The molecule has 28 heavy (non-hydrogen) atoms. The lowest BCUT2D eigenvalue weighted by Crippen LogP contribution is -2.61. The Kier molecular flexibility index (Phi) is 4.87. The number of carbonyl (C=O) groups excluding carboxylic acids is 1. The number of nitrogens with one attached hydrogen (secondary N) is 1. The third-order valence-corrected chi connectivity index (χ3v) is 9.80. The molecule has 4 aliphatic rings. The van der Waals surface area contributed by atoms with Gasteiger partial charge in [0.15, 0.2) is 0 Å². The van der Waals surface area contributed by atoms with Crippen LogP contribution in [0.15, 0.2) is 0 Å². The fourth-order valence-electron chi connectivity index (χ4n) is 8.79. The lowest BCUT2D eigenvalue weighted by atomic mass is 9.45. The van der Waals surface area contributed by atoms with E-state index in [2.05, 4.69) is 33.0 Å². The van der Waals surface area contributed by atoms with Crippen LogP contribution >= 0.6 is 0 Å². The van der Waals surface area contributed by atoms with Crippen molar-refractivity contribution in [2.45, 2.75) is 97.9 Å². The monoisotopic (exact) mass is 389 g/mol. The first-order chi connectivity index (χ1) is 13.1. The predicted molar refractivity (Wildman–Crippen MR) is 110 cm³/mol. The normalized spacial score (nSPS) is 46.9. The number of aliphatic carboxylic acids is 1. The van der Waals surface area contributed by atoms with Gasteiger partial charge in [-0.25, -0.2) is 0 Å². The van der Waals surface area contributed by atoms with Gasteiger partial charge in [0, 0.05) is 18.9 Å². The maximum atomic E-state index is 12.0. The molecule has 4 heteroatoms. The quantitative estimate of drug-likeness (QED) is 0.710. The van der Waals surface area contributed by atoms with Gasteiger partial charge in [-0.15, -0.1) is 0 Å². The van der Waals surface area contributed by atoms with Gasteiger partial charge < -0.3 is 10.4 Å². The summed E-state index contributed by atoms with van der Waals surface area (Å²) in [5, 5.41) is 12.4. The number of fused-ring (bicyclic) bond motifs is 5. The summed E-state index contributed by atoms with van der Waals surface area (Å²) < 4.78 is 0. The van der Waals surface area contributed by atoms with Crippen molar-refractivity contribution in [1.29, 1.82) is 0 Å². The zero-order valence-electron chi connectivity index (χ0n) is 18.2. The Morgan fingerprint density at radius 2 is 1.86 bits per heavy atom. The number of carbonyl (C=O) groups is 2. The van der Waals surface area contributed by atoms with Gasteiger partial charge in [0.05, 0.1) is 0 Å². The highest BCUT2D eigenvalue weighted by Gasteiger charge is 2.64. The summed E-state index contributed by atoms with van der Waals surface area (Å²) in [6, 6.07) is 0.371. The van der Waals surface area contributed by atoms with E-state index in [4.69, 9.17) is 5.11 Å². The molecule has 1 amide bonds. The highest BCUT2D eigenvalue weighted by Crippen LogP contribution is 2.70. The summed E-state index contributed by atoms with van der Waals surface area (Å²) in [4.78, 5) is 23.0. The Balaban J connectivity index is 1.58. The fraction of sp³-hybridized carbons (Fsp3) is 0.917. The second-order valence-corrected chi connectivity index (χ2v) is 11.7. The molecule has 3 aliphatic carbocycles. The van der Waals surface area contributed by atoms with Gasteiger partial charge in [-0.2, -0.15) is 0 Å². The van der Waals surface area contributed by atoms with Crippen molar-refractivity contribution in [2.75, 3.05) is 0 Å². The second kappa shape index (κ2) is 6.74. The first kappa shape index (κ1) is 20.2. The summed E-state index contributed by atoms with van der Waals surface area (Å²) in [6.07, 6.45) is 10.1. The van der Waals surface area contributed by atoms with Crippen LogP contribution in [0, 0.1) is 39.9 Å². The fourth-order valence-corrected chi connectivity index (χ4v) is 8.79. The number of hydrogen-bond acceptors (Lipinski definition) is 2. The molecule has 2 N–H and O–H groups in total. The van der Waals surface area contributed by atoms with E-state index in [1.165, 1.54) is 25.7 Å². The van der Waals surface area contributed by atoms with Crippen LogP contribution in [-0.4, -0.2) is 23.0 Å². The minimum Gasteiger partial charge on any atom is -0.481 e. The van der Waals surface area contributed by atoms with Gasteiger partial charge in [-0.05, 0) is 91.3 Å². The molecule has 3 saturated carbocycles. The molecule has 4 fully saturated rings. The molecule has 158 valence electrons. The molecular weight excluding hydrogens is 350 g/mol. The van der Waals surface area contributed by atoms with E-state index in [0.29, 0.717) is 35.6 Å². The largest absolute Gasteiger partial charge is 0.481 e. The van der Waals surface area contributed by atoms with Gasteiger partial charge in [-0.1, -0.05) is 27.7 Å². The highest BCUT2D eigenvalue weighted by molar-refractivity contribution is 5.77. The van der Waals surface area contributed by atoms with E-state index in [0.717, 1.165) is 43.4 Å². The molecule has 0 aromatic carbocycles. The van der Waals surface area contributed by atoms with E-state index in [-0.39, 0.29) is 11.3 Å². The lowest BCUT2D eigenvalue weighted by molar-refractivity contribution is -0.141. The van der Waals surface area contributed by atoms with E-state index in [1.807, 2.05) is 0 Å². The molecule has 1 heterocycles. The van der Waals surface area contributed by atoms with Crippen molar-refractivity contribution in [3.8, 4) is 0 Å². The predicted octanol–water partition coefficient (Wildman–Crippen LogP) is 5.01. The lowest BCUT2D eigenvalue weighted by Gasteiger charge is -2.61. The van der Waals surface area contributed by atoms with Crippen LogP contribution in [0.25, 0.3) is 0 Å². The van der Waals surface area contributed by atoms with Crippen molar-refractivity contribution in [1.82, 2.24) is 5.32 Å². The van der Waals surface area contributed by atoms with Gasteiger partial charge >= 0.3 is 5.97 Å². The first-order valence-corrected chi connectivity index (χ1v) is 11.6. The number of carboxylic acids is 1. The van der Waals surface area contributed by atoms with Gasteiger partial charge in [-0.3, -0.25) is 9.59 Å². The molecule has 1 saturated heterocycles. The zero-order chi connectivity index (χ0) is 20.3. The Hall–Kier alpha value is -1.06. The smallest absolute Gasteiger partial charge is 0.303 e. The Bertz CT molecular complexity index is 658. The number of rotatable bonds is 4. The molecule has 1 aliphatic heterocycles. The van der Waals surface area contributed by atoms with Crippen molar-refractivity contribution >= 4 is 11.9 Å². The van der Waals surface area contributed by atoms with Crippen molar-refractivity contribution < 1.29 is 14.7 Å². The topological polar surface area (TPSA) is 66.4 Å². The Morgan fingerprint density at radius 1 is 1.11 bits per heavy atom. The summed E-state index contributed by atoms with van der Waals surface area (Å²) in [7, 11) is 0. The van der Waals surface area contributed by atoms with E-state index >= 15 is 0 Å². The second-order valence-electron chi connectivity index (χ2n) is 11.7. The van der Waals surface area contributed by atoms with Crippen LogP contribution in [-0.2, 0) is 9.59 Å². The van der Waals surface area contributed by atoms with Crippen LogP contribution < -0.4 is 5.32 Å². The molecule has 0 aromatic heterocycles. The molecule has 0 spiro atoms. The standard InChI is InChI=1S/C24H39NO3/c1-22(2)14-15(6-5-7-20(27)28)23(3)12-10-17-16(21(22)23)8-9-18-24(17,4)13-11-19(26)25-18/h15-18,21H,5-14H2,1-4H3,(H,25,26)(H,27,28)/t15-,16+,17-,18?,21+,23+,24+/m0/s1. The van der Waals surface area contributed by atoms with Crippen LogP contribution in [0.1, 0.15) is 91.9 Å². The maximum absolute atomic E-state index is 12.0. The van der Waals surface area contributed by atoms with E-state index in [1.54, 1.807) is 0 Å². The molecule has 0 radical (unpaired) electrons. The molecular formula is C24H39NO3. The zero-order valence-corrected chi connectivity index (χ0v) is 18.2. The molecule has 1 unspecified atom stereocenters. The maximum Gasteiger partial charge on any atom is 0.303 e. The number of piperidine rings is 1. The third-order valence-electron chi connectivity index (χ3n) is 9.80. The van der Waals surface area contributed by atoms with Crippen molar-refractivity contribution in [3.63, 3.8) is 0 Å². The summed E-state index contributed by atoms with van der Waals surface area (Å²) in [6.45, 7) is 9.95. The van der Waals surface area contributed by atoms with Crippen LogP contribution in [0.4, 0.5) is 0 Å². The third kappa shape index (κ3) is 3.01. The van der Waals surface area contributed by atoms with Gasteiger partial charge in [0.2, 0.25) is 5.91 Å². The molecule has 0 aromatic rings. The highest BCUT2D eigenvalue weighted by atomic mass is 16.4. The number of amides is 1. The first-order valence-electron chi connectivity index (χ1n) is 11.6. The summed E-state index contributed by atoms with van der Waals surface area (Å²) >= 11 is 0. The number of carboxylic acid groups (broad SMARTS) is 1. The molecule has 7 atom stereocenters. The summed E-state index contributed by atoms with van der Waals surface area (Å²) in [5.74, 6) is 2.46. The van der Waals surface area contributed by atoms with Crippen molar-refractivity contribution in [2.24, 2.45) is 39.9 Å².